The number of amides is 3. The van der Waals surface area contributed by atoms with Crippen LogP contribution in [0.5, 0.6) is 0 Å². The topological polar surface area (TPSA) is 132 Å². The zero-order valence-electron chi connectivity index (χ0n) is 23.1. The molecule has 2 heterocycles. The first-order chi connectivity index (χ1) is 19.2. The highest BCUT2D eigenvalue weighted by molar-refractivity contribution is 5.98. The summed E-state index contributed by atoms with van der Waals surface area (Å²) in [4.78, 5) is 45.7. The number of hydrogen-bond donors (Lipinski definition) is 3. The Hall–Kier alpha value is -4.02. The Morgan fingerprint density at radius 1 is 1.00 bits per heavy atom. The maximum absolute atomic E-state index is 13.6. The number of ether oxygens (including phenoxy) is 1. The van der Waals surface area contributed by atoms with Gasteiger partial charge >= 0.3 is 0 Å². The molecule has 0 bridgehead atoms. The molecule has 4 rings (SSSR count). The molecule has 1 aromatic heterocycles. The summed E-state index contributed by atoms with van der Waals surface area (Å²) in [5.74, 6) is -0.746. The van der Waals surface area contributed by atoms with Crippen LogP contribution in [0, 0.1) is 0 Å². The molecule has 0 saturated carbocycles. The molecule has 3 aromatic rings. The van der Waals surface area contributed by atoms with Gasteiger partial charge in [-0.2, -0.15) is 0 Å². The first-order valence-electron chi connectivity index (χ1n) is 13.6. The number of anilines is 1. The standard InChI is InChI=1S/C30H38N6O4/c1-30(2,31)29(39)33-24(20-40-19-22-12-6-3-7-13-22)27(37)34-25-18-36(21-32-25)26(23-14-8-4-9-15-23)28(38)35-16-10-5-11-17-35/h3-4,6-9,12-15,18,21,24,26H,5,10-11,16-17,19-20,31H2,1-2H3,(H,33,39)(H,34,37)/t24-,26?/m1/s1. The van der Waals surface area contributed by atoms with E-state index in [1.807, 2.05) is 65.6 Å². The lowest BCUT2D eigenvalue weighted by Crippen LogP contribution is -2.56. The number of aromatic nitrogens is 2. The van der Waals surface area contributed by atoms with Gasteiger partial charge in [-0.15, -0.1) is 0 Å². The van der Waals surface area contributed by atoms with E-state index in [4.69, 9.17) is 10.5 Å². The Balaban J connectivity index is 1.49. The van der Waals surface area contributed by atoms with E-state index >= 15 is 0 Å². The highest BCUT2D eigenvalue weighted by Crippen LogP contribution is 2.24. The Morgan fingerprint density at radius 2 is 1.65 bits per heavy atom. The van der Waals surface area contributed by atoms with E-state index < -0.39 is 29.4 Å². The van der Waals surface area contributed by atoms with Gasteiger partial charge in [-0.1, -0.05) is 60.7 Å². The van der Waals surface area contributed by atoms with E-state index in [1.165, 1.54) is 6.33 Å². The fourth-order valence-corrected chi connectivity index (χ4v) is 4.52. The molecule has 1 unspecified atom stereocenters. The number of nitrogens with two attached hydrogens (primary N) is 1. The minimum atomic E-state index is -1.18. The smallest absolute Gasteiger partial charge is 0.250 e. The number of carbonyl (C=O) groups excluding carboxylic acids is 3. The molecule has 1 fully saturated rings. The summed E-state index contributed by atoms with van der Waals surface area (Å²) in [5, 5.41) is 5.44. The number of nitrogens with zero attached hydrogens (tertiary/aromatic N) is 3. The zero-order chi connectivity index (χ0) is 28.5. The Kier molecular flexibility index (Phi) is 9.68. The van der Waals surface area contributed by atoms with E-state index in [-0.39, 0.29) is 24.9 Å². The predicted octanol–water partition coefficient (Wildman–Crippen LogP) is 2.86. The van der Waals surface area contributed by atoms with Gasteiger partial charge in [0.15, 0.2) is 5.82 Å². The molecule has 0 spiro atoms. The molecule has 10 nitrogen and oxygen atoms in total. The number of hydrogen-bond acceptors (Lipinski definition) is 6. The second-order valence-corrected chi connectivity index (χ2v) is 10.6. The number of likely N-dealkylation sites (tertiary alicyclic amines) is 1. The van der Waals surface area contributed by atoms with Gasteiger partial charge in [-0.3, -0.25) is 14.4 Å². The van der Waals surface area contributed by atoms with Crippen LogP contribution < -0.4 is 16.4 Å². The van der Waals surface area contributed by atoms with Crippen molar-refractivity contribution >= 4 is 23.5 Å². The quantitative estimate of drug-likeness (QED) is 0.339. The average molecular weight is 547 g/mol. The van der Waals surface area contributed by atoms with E-state index in [9.17, 15) is 14.4 Å². The van der Waals surface area contributed by atoms with E-state index in [1.54, 1.807) is 24.6 Å². The van der Waals surface area contributed by atoms with Crippen LogP contribution in [-0.4, -0.2) is 63.4 Å². The lowest BCUT2D eigenvalue weighted by Gasteiger charge is -2.31. The number of imidazole rings is 1. The Bertz CT molecular complexity index is 1270. The van der Waals surface area contributed by atoms with Crippen LogP contribution in [0.4, 0.5) is 5.82 Å². The van der Waals surface area contributed by atoms with Crippen LogP contribution in [0.25, 0.3) is 0 Å². The summed E-state index contributed by atoms with van der Waals surface area (Å²) in [6, 6.07) is 17.4. The third-order valence-electron chi connectivity index (χ3n) is 6.77. The highest BCUT2D eigenvalue weighted by atomic mass is 16.5. The minimum Gasteiger partial charge on any atom is -0.374 e. The summed E-state index contributed by atoms with van der Waals surface area (Å²) in [5.41, 5.74) is 6.53. The largest absolute Gasteiger partial charge is 0.374 e. The average Bonchev–Trinajstić information content (AvgIpc) is 3.41. The number of benzene rings is 2. The van der Waals surface area contributed by atoms with Crippen molar-refractivity contribution in [2.45, 2.75) is 57.3 Å². The van der Waals surface area contributed by atoms with Gasteiger partial charge in [0.05, 0.1) is 25.1 Å². The predicted molar refractivity (Wildman–Crippen MR) is 152 cm³/mol. The lowest BCUT2D eigenvalue weighted by molar-refractivity contribution is -0.134. The monoisotopic (exact) mass is 546 g/mol. The van der Waals surface area contributed by atoms with Crippen molar-refractivity contribution in [1.82, 2.24) is 19.8 Å². The van der Waals surface area contributed by atoms with Crippen LogP contribution in [0.15, 0.2) is 73.2 Å². The van der Waals surface area contributed by atoms with Gasteiger partial charge in [0.2, 0.25) is 11.8 Å². The molecule has 10 heteroatoms. The molecule has 2 atom stereocenters. The second-order valence-electron chi connectivity index (χ2n) is 10.6. The molecule has 1 aliphatic rings. The number of piperidine rings is 1. The lowest BCUT2D eigenvalue weighted by atomic mass is 10.0. The summed E-state index contributed by atoms with van der Waals surface area (Å²) in [6.07, 6.45) is 6.26. The maximum Gasteiger partial charge on any atom is 0.250 e. The third-order valence-corrected chi connectivity index (χ3v) is 6.77. The van der Waals surface area contributed by atoms with Crippen molar-refractivity contribution in [3.8, 4) is 0 Å². The highest BCUT2D eigenvalue weighted by Gasteiger charge is 2.31. The number of rotatable bonds is 11. The minimum absolute atomic E-state index is 0.00851. The van der Waals surface area contributed by atoms with Gasteiger partial charge in [-0.25, -0.2) is 4.98 Å². The van der Waals surface area contributed by atoms with Crippen LogP contribution >= 0.6 is 0 Å². The van der Waals surface area contributed by atoms with Crippen molar-refractivity contribution < 1.29 is 19.1 Å². The number of carbonyl (C=O) groups is 3. The molecule has 0 aliphatic carbocycles. The van der Waals surface area contributed by atoms with Crippen molar-refractivity contribution in [2.24, 2.45) is 5.73 Å². The first kappa shape index (κ1) is 29.0. The molecule has 2 aromatic carbocycles. The van der Waals surface area contributed by atoms with E-state index in [0.29, 0.717) is 0 Å². The molecule has 4 N–H and O–H groups in total. The van der Waals surface area contributed by atoms with Crippen LogP contribution in [0.1, 0.15) is 50.3 Å². The third kappa shape index (κ3) is 7.77. The summed E-state index contributed by atoms with van der Waals surface area (Å²) >= 11 is 0. The van der Waals surface area contributed by atoms with E-state index in [0.717, 1.165) is 43.5 Å². The van der Waals surface area contributed by atoms with Crippen LogP contribution in [-0.2, 0) is 25.7 Å². The molecule has 212 valence electrons. The van der Waals surface area contributed by atoms with Gasteiger partial charge in [0.1, 0.15) is 12.1 Å². The van der Waals surface area contributed by atoms with Crippen molar-refractivity contribution in [2.75, 3.05) is 25.0 Å². The van der Waals surface area contributed by atoms with E-state index in [2.05, 4.69) is 15.6 Å². The van der Waals surface area contributed by atoms with Crippen molar-refractivity contribution in [3.63, 3.8) is 0 Å². The van der Waals surface area contributed by atoms with Crippen LogP contribution in [0.2, 0.25) is 0 Å². The maximum atomic E-state index is 13.6. The summed E-state index contributed by atoms with van der Waals surface area (Å²) < 4.78 is 7.47. The number of nitrogens with one attached hydrogen (secondary N) is 2. The van der Waals surface area contributed by atoms with Gasteiger partial charge < -0.3 is 30.6 Å². The summed E-state index contributed by atoms with van der Waals surface area (Å²) in [6.45, 7) is 4.78. The zero-order valence-corrected chi connectivity index (χ0v) is 23.1. The molecule has 0 radical (unpaired) electrons. The second kappa shape index (κ2) is 13.4. The first-order valence-corrected chi connectivity index (χ1v) is 13.6. The van der Waals surface area contributed by atoms with Gasteiger partial charge in [-0.05, 0) is 44.2 Å². The molecule has 40 heavy (non-hydrogen) atoms. The molecule has 1 aliphatic heterocycles. The Morgan fingerprint density at radius 3 is 2.30 bits per heavy atom. The normalized spacial score (nSPS) is 15.2. The van der Waals surface area contributed by atoms with Gasteiger partial charge in [0.25, 0.3) is 5.91 Å². The fraction of sp³-hybridized carbons (Fsp3) is 0.400. The van der Waals surface area contributed by atoms with Crippen molar-refractivity contribution in [3.05, 3.63) is 84.3 Å². The SMILES string of the molecule is CC(C)(N)C(=O)N[C@H](COCc1ccccc1)C(=O)Nc1cn(C(C(=O)N2CCCCC2)c2ccccc2)cn1. The Labute approximate surface area is 234 Å². The molecular weight excluding hydrogens is 508 g/mol. The fourth-order valence-electron chi connectivity index (χ4n) is 4.52. The summed E-state index contributed by atoms with van der Waals surface area (Å²) in [7, 11) is 0. The van der Waals surface area contributed by atoms with Crippen LogP contribution in [0.3, 0.4) is 0 Å². The van der Waals surface area contributed by atoms with Gasteiger partial charge in [0, 0.05) is 19.3 Å². The molecule has 1 saturated heterocycles. The molecular formula is C30H38N6O4. The molecule has 3 amide bonds. The van der Waals surface area contributed by atoms with Crippen molar-refractivity contribution in [1.29, 1.82) is 0 Å².